The van der Waals surface area contributed by atoms with E-state index in [1.165, 1.54) is 22.3 Å². The summed E-state index contributed by atoms with van der Waals surface area (Å²) in [4.78, 5) is 14.3. The van der Waals surface area contributed by atoms with Crippen LogP contribution in [-0.2, 0) is 35.7 Å². The number of hydrogen-bond acceptors (Lipinski definition) is 4. The largest absolute Gasteiger partial charge is 0.332 e. The molecule has 0 unspecified atom stereocenters. The van der Waals surface area contributed by atoms with Gasteiger partial charge in [0.15, 0.2) is 0 Å². The molecule has 6 nitrogen and oxygen atoms in total. The minimum absolute atomic E-state index is 0.106. The van der Waals surface area contributed by atoms with E-state index in [1.54, 1.807) is 0 Å². The summed E-state index contributed by atoms with van der Waals surface area (Å²) in [5.74, 6) is -0.106. The Labute approximate surface area is 149 Å². The Kier molecular flexibility index (Phi) is 4.45. The molecular weight excluding hydrogens is 338 g/mol. The summed E-state index contributed by atoms with van der Waals surface area (Å²) in [5.41, 5.74) is 5.91. The molecule has 1 aromatic rings. The molecule has 0 atom stereocenters. The lowest BCUT2D eigenvalue weighted by Crippen LogP contribution is -2.41. The molecule has 1 heterocycles. The number of sulfonamides is 1. The highest BCUT2D eigenvalue weighted by Crippen LogP contribution is 2.38. The summed E-state index contributed by atoms with van der Waals surface area (Å²) in [6.45, 7) is 1.56. The monoisotopic (exact) mass is 363 g/mol. The standard InChI is InChI=1S/C18H25N3O3S/c22-18(20-25(23,24)12-21-9-1-2-10-21)19-17-15-7-3-5-13(15)11-14-6-4-8-16(14)17/h11H,1-10,12H2,(H2,19,20,22). The van der Waals surface area contributed by atoms with Crippen LogP contribution < -0.4 is 10.0 Å². The van der Waals surface area contributed by atoms with Gasteiger partial charge in [0.05, 0.1) is 0 Å². The molecule has 0 saturated carbocycles. The van der Waals surface area contributed by atoms with Crippen LogP contribution in [0.15, 0.2) is 6.07 Å². The lowest BCUT2D eigenvalue weighted by molar-refractivity contribution is 0.256. The van der Waals surface area contributed by atoms with Crippen molar-refractivity contribution < 1.29 is 13.2 Å². The Balaban J connectivity index is 1.50. The van der Waals surface area contributed by atoms with Crippen LogP contribution in [0.4, 0.5) is 10.5 Å². The number of nitrogens with one attached hydrogen (secondary N) is 2. The van der Waals surface area contributed by atoms with Gasteiger partial charge in [0, 0.05) is 5.69 Å². The van der Waals surface area contributed by atoms with Crippen molar-refractivity contribution in [3.05, 3.63) is 28.3 Å². The van der Waals surface area contributed by atoms with Crippen LogP contribution in [-0.4, -0.2) is 38.3 Å². The number of anilines is 1. The number of urea groups is 1. The zero-order valence-electron chi connectivity index (χ0n) is 14.4. The van der Waals surface area contributed by atoms with Gasteiger partial charge in [-0.2, -0.15) is 0 Å². The molecule has 0 aromatic heterocycles. The number of aryl methyl sites for hydroxylation is 2. The van der Waals surface area contributed by atoms with E-state index in [-0.39, 0.29) is 5.88 Å². The highest BCUT2D eigenvalue weighted by Gasteiger charge is 2.26. The second kappa shape index (κ2) is 6.61. The molecule has 3 aliphatic rings. The fourth-order valence-electron chi connectivity index (χ4n) is 4.43. The molecule has 1 aromatic carbocycles. The molecule has 4 rings (SSSR count). The molecule has 1 aliphatic heterocycles. The predicted octanol–water partition coefficient (Wildman–Crippen LogP) is 2.17. The number of benzene rings is 1. The van der Waals surface area contributed by atoms with E-state index >= 15 is 0 Å². The van der Waals surface area contributed by atoms with E-state index in [0.717, 1.165) is 70.1 Å². The molecule has 0 bridgehead atoms. The topological polar surface area (TPSA) is 78.5 Å². The molecule has 0 radical (unpaired) electrons. The summed E-state index contributed by atoms with van der Waals surface area (Å²) in [6.07, 6.45) is 8.24. The highest BCUT2D eigenvalue weighted by atomic mass is 32.2. The number of carbonyl (C=O) groups is 1. The second-order valence-electron chi connectivity index (χ2n) is 7.36. The molecular formula is C18H25N3O3S. The first-order valence-electron chi connectivity index (χ1n) is 9.22. The van der Waals surface area contributed by atoms with Gasteiger partial charge in [-0.15, -0.1) is 0 Å². The maximum atomic E-state index is 12.4. The maximum absolute atomic E-state index is 12.4. The Morgan fingerprint density at radius 2 is 1.56 bits per heavy atom. The van der Waals surface area contributed by atoms with Gasteiger partial charge in [-0.3, -0.25) is 4.90 Å². The van der Waals surface area contributed by atoms with Crippen molar-refractivity contribution >= 4 is 21.7 Å². The van der Waals surface area contributed by atoms with Crippen molar-refractivity contribution in [3.63, 3.8) is 0 Å². The van der Waals surface area contributed by atoms with Gasteiger partial charge in [-0.05, 0) is 86.7 Å². The quantitative estimate of drug-likeness (QED) is 0.859. The lowest BCUT2D eigenvalue weighted by Gasteiger charge is -2.18. The van der Waals surface area contributed by atoms with Gasteiger partial charge >= 0.3 is 6.03 Å². The van der Waals surface area contributed by atoms with E-state index in [9.17, 15) is 13.2 Å². The Morgan fingerprint density at radius 1 is 0.960 bits per heavy atom. The summed E-state index contributed by atoms with van der Waals surface area (Å²) in [7, 11) is -3.65. The van der Waals surface area contributed by atoms with Crippen LogP contribution in [0.1, 0.15) is 47.9 Å². The minimum atomic E-state index is -3.65. The lowest BCUT2D eigenvalue weighted by atomic mass is 9.99. The number of nitrogens with zero attached hydrogens (tertiary/aromatic N) is 1. The number of likely N-dealkylation sites (tertiary alicyclic amines) is 1. The van der Waals surface area contributed by atoms with Crippen LogP contribution in [0.2, 0.25) is 0 Å². The minimum Gasteiger partial charge on any atom is -0.307 e. The number of hydrogen-bond donors (Lipinski definition) is 2. The van der Waals surface area contributed by atoms with Crippen molar-refractivity contribution in [1.82, 2.24) is 9.62 Å². The van der Waals surface area contributed by atoms with Crippen LogP contribution in [0.25, 0.3) is 0 Å². The number of amides is 2. The number of fused-ring (bicyclic) bond motifs is 2. The zero-order chi connectivity index (χ0) is 17.4. The first-order valence-corrected chi connectivity index (χ1v) is 10.9. The molecule has 1 saturated heterocycles. The van der Waals surface area contributed by atoms with E-state index in [4.69, 9.17) is 0 Å². The fourth-order valence-corrected chi connectivity index (χ4v) is 5.57. The van der Waals surface area contributed by atoms with Crippen LogP contribution >= 0.6 is 0 Å². The molecule has 25 heavy (non-hydrogen) atoms. The van der Waals surface area contributed by atoms with Crippen molar-refractivity contribution in [1.29, 1.82) is 0 Å². The van der Waals surface area contributed by atoms with Gasteiger partial charge in [0.1, 0.15) is 5.88 Å². The van der Waals surface area contributed by atoms with E-state index < -0.39 is 16.1 Å². The fraction of sp³-hybridized carbons (Fsp3) is 0.611. The smallest absolute Gasteiger partial charge is 0.307 e. The van der Waals surface area contributed by atoms with Crippen molar-refractivity contribution in [2.24, 2.45) is 0 Å². The SMILES string of the molecule is O=C(Nc1c2c(cc3c1CCC3)CCC2)NS(=O)(=O)CN1CCCC1. The van der Waals surface area contributed by atoms with E-state index in [0.29, 0.717) is 0 Å². The van der Waals surface area contributed by atoms with Gasteiger partial charge < -0.3 is 5.32 Å². The summed E-state index contributed by atoms with van der Waals surface area (Å²) < 4.78 is 26.7. The van der Waals surface area contributed by atoms with Gasteiger partial charge in [0.25, 0.3) is 0 Å². The molecule has 2 aliphatic carbocycles. The second-order valence-corrected chi connectivity index (χ2v) is 9.05. The average molecular weight is 363 g/mol. The van der Waals surface area contributed by atoms with E-state index in [1.807, 2.05) is 4.90 Å². The molecule has 7 heteroatoms. The Hall–Kier alpha value is -1.60. The molecule has 1 fully saturated rings. The van der Waals surface area contributed by atoms with Gasteiger partial charge in [0.2, 0.25) is 10.0 Å². The average Bonchev–Trinajstić information content (AvgIpc) is 3.25. The number of rotatable bonds is 4. The zero-order valence-corrected chi connectivity index (χ0v) is 15.3. The molecule has 136 valence electrons. The Bertz CT molecular complexity index is 766. The van der Waals surface area contributed by atoms with Crippen molar-refractivity contribution in [2.45, 2.75) is 51.4 Å². The third kappa shape index (κ3) is 3.53. The maximum Gasteiger partial charge on any atom is 0.332 e. The Morgan fingerprint density at radius 3 is 2.16 bits per heavy atom. The molecule has 0 spiro atoms. The highest BCUT2D eigenvalue weighted by molar-refractivity contribution is 7.89. The number of carbonyl (C=O) groups excluding carboxylic acids is 1. The van der Waals surface area contributed by atoms with Crippen molar-refractivity contribution in [2.75, 3.05) is 24.3 Å². The third-order valence-electron chi connectivity index (χ3n) is 5.51. The first-order chi connectivity index (χ1) is 12.0. The van der Waals surface area contributed by atoms with Gasteiger partial charge in [-0.25, -0.2) is 17.9 Å². The summed E-state index contributed by atoms with van der Waals surface area (Å²) >= 11 is 0. The summed E-state index contributed by atoms with van der Waals surface area (Å²) in [6, 6.07) is 1.66. The first kappa shape index (κ1) is 16.8. The van der Waals surface area contributed by atoms with Crippen molar-refractivity contribution in [3.8, 4) is 0 Å². The van der Waals surface area contributed by atoms with Gasteiger partial charge in [-0.1, -0.05) is 6.07 Å². The van der Waals surface area contributed by atoms with E-state index in [2.05, 4.69) is 16.1 Å². The van der Waals surface area contributed by atoms with Crippen LogP contribution in [0.5, 0.6) is 0 Å². The molecule has 2 amide bonds. The normalized spacial score (nSPS) is 19.7. The summed E-state index contributed by atoms with van der Waals surface area (Å²) in [5, 5.41) is 2.88. The van der Waals surface area contributed by atoms with Crippen LogP contribution in [0, 0.1) is 0 Å². The van der Waals surface area contributed by atoms with Crippen LogP contribution in [0.3, 0.4) is 0 Å². The third-order valence-corrected chi connectivity index (χ3v) is 6.71. The predicted molar refractivity (Wildman–Crippen MR) is 97.2 cm³/mol. The molecule has 2 N–H and O–H groups in total.